The lowest BCUT2D eigenvalue weighted by molar-refractivity contribution is 0.0638. The summed E-state index contributed by atoms with van der Waals surface area (Å²) in [5.41, 5.74) is 2.68. The lowest BCUT2D eigenvalue weighted by atomic mass is 10.2. The van der Waals surface area contributed by atoms with E-state index in [2.05, 4.69) is 36.6 Å². The van der Waals surface area contributed by atoms with Gasteiger partial charge in [-0.2, -0.15) is 0 Å². The number of pyridine rings is 1. The molecule has 0 saturated heterocycles. The smallest absolute Gasteiger partial charge is 0.243 e. The van der Waals surface area contributed by atoms with Gasteiger partial charge in [0.15, 0.2) is 11.7 Å². The lowest BCUT2D eigenvalue weighted by Crippen LogP contribution is -2.42. The van der Waals surface area contributed by atoms with Crippen LogP contribution in [0, 0.1) is 6.92 Å². The van der Waals surface area contributed by atoms with Crippen LogP contribution < -0.4 is 14.2 Å². The fourth-order valence-corrected chi connectivity index (χ4v) is 4.96. The number of aliphatic hydroxyl groups excluding tert-OH is 1. The van der Waals surface area contributed by atoms with Crippen LogP contribution in [-0.2, 0) is 14.8 Å². The summed E-state index contributed by atoms with van der Waals surface area (Å²) in [7, 11) is -1.28. The minimum Gasteiger partial charge on any atom is -0.494 e. The summed E-state index contributed by atoms with van der Waals surface area (Å²) < 4.78 is 48.6. The number of allylic oxidation sites excluding steroid dienone is 1. The molecule has 220 valence electrons. The second-order valence-electron chi connectivity index (χ2n) is 9.16. The molecule has 13 nitrogen and oxygen atoms in total. The first-order chi connectivity index (χ1) is 19.6. The maximum atomic E-state index is 13.8. The van der Waals surface area contributed by atoms with Crippen molar-refractivity contribution in [2.24, 2.45) is 9.98 Å². The number of ether oxygens (including phenoxy) is 3. The van der Waals surface area contributed by atoms with Crippen molar-refractivity contribution >= 4 is 28.5 Å². The molecule has 2 N–H and O–H groups in total. The van der Waals surface area contributed by atoms with Gasteiger partial charge in [0.05, 0.1) is 27.4 Å². The van der Waals surface area contributed by atoms with E-state index in [1.807, 2.05) is 26.8 Å². The van der Waals surface area contributed by atoms with Crippen LogP contribution in [0.1, 0.15) is 26.3 Å². The Labute approximate surface area is 239 Å². The van der Waals surface area contributed by atoms with Crippen molar-refractivity contribution in [2.45, 2.75) is 39.0 Å². The van der Waals surface area contributed by atoms with Gasteiger partial charge in [0.1, 0.15) is 28.5 Å². The van der Waals surface area contributed by atoms with E-state index in [9.17, 15) is 13.5 Å². The number of nitrogens with one attached hydrogen (secondary N) is 1. The molecule has 3 aromatic rings. The molecule has 0 amide bonds. The van der Waals surface area contributed by atoms with E-state index in [4.69, 9.17) is 14.2 Å². The number of aliphatic hydroxyl groups is 1. The molecule has 0 unspecified atom stereocenters. The minimum absolute atomic E-state index is 0.0388. The molecule has 2 atom stereocenters. The largest absolute Gasteiger partial charge is 0.494 e. The highest BCUT2D eigenvalue weighted by Gasteiger charge is 2.36. The van der Waals surface area contributed by atoms with Gasteiger partial charge < -0.3 is 19.3 Å². The van der Waals surface area contributed by atoms with Gasteiger partial charge in [0, 0.05) is 24.2 Å². The van der Waals surface area contributed by atoms with E-state index in [0.717, 1.165) is 11.1 Å². The molecule has 0 bridgehead atoms. The average molecular weight is 586 g/mol. The van der Waals surface area contributed by atoms with Gasteiger partial charge in [-0.25, -0.2) is 18.4 Å². The van der Waals surface area contributed by atoms with Crippen molar-refractivity contribution in [3.05, 3.63) is 54.0 Å². The first-order valence-corrected chi connectivity index (χ1v) is 14.1. The van der Waals surface area contributed by atoms with Crippen LogP contribution >= 0.6 is 0 Å². The number of aromatic nitrogens is 4. The van der Waals surface area contributed by atoms with Crippen LogP contribution in [0.15, 0.2) is 58.4 Å². The zero-order valence-corrected chi connectivity index (χ0v) is 24.7. The third kappa shape index (κ3) is 7.34. The highest BCUT2D eigenvalue weighted by atomic mass is 32.2. The number of aliphatic imine (C=N–C) groups is 2. The van der Waals surface area contributed by atoms with Gasteiger partial charge in [0.25, 0.3) is 0 Å². The van der Waals surface area contributed by atoms with Gasteiger partial charge in [-0.3, -0.25) is 14.3 Å². The zero-order valence-electron chi connectivity index (χ0n) is 23.9. The van der Waals surface area contributed by atoms with E-state index in [-0.39, 0.29) is 25.0 Å². The van der Waals surface area contributed by atoms with E-state index < -0.39 is 21.4 Å². The summed E-state index contributed by atoms with van der Waals surface area (Å²) in [5.74, 6) is 0.968. The summed E-state index contributed by atoms with van der Waals surface area (Å²) in [4.78, 5) is 12.4. The molecular weight excluding hydrogens is 550 g/mol. The van der Waals surface area contributed by atoms with Crippen LogP contribution in [0.25, 0.3) is 17.1 Å². The minimum atomic E-state index is -4.25. The van der Waals surface area contributed by atoms with Gasteiger partial charge in [-0.15, -0.1) is 10.2 Å². The molecule has 0 fully saturated rings. The average Bonchev–Trinajstić information content (AvgIpc) is 3.35. The monoisotopic (exact) mass is 585 g/mol. The van der Waals surface area contributed by atoms with Gasteiger partial charge in [-0.05, 0) is 58.2 Å². The first-order valence-electron chi connectivity index (χ1n) is 12.6. The number of rotatable bonds is 13. The number of sulfonamides is 1. The molecular formula is C27H35N7O6S. The van der Waals surface area contributed by atoms with E-state index >= 15 is 0 Å². The maximum Gasteiger partial charge on any atom is 0.243 e. The highest BCUT2D eigenvalue weighted by molar-refractivity contribution is 7.93. The van der Waals surface area contributed by atoms with Gasteiger partial charge >= 0.3 is 0 Å². The number of amidine groups is 1. The van der Waals surface area contributed by atoms with E-state index in [1.54, 1.807) is 30.6 Å². The third-order valence-corrected chi connectivity index (χ3v) is 7.52. The number of para-hydroxylation sites is 1. The molecule has 2 heterocycles. The summed E-state index contributed by atoms with van der Waals surface area (Å²) in [6.07, 6.45) is 3.65. The number of hydrogen-bond donors (Lipinski definition) is 2. The van der Waals surface area contributed by atoms with Crippen molar-refractivity contribution in [3.8, 4) is 28.6 Å². The van der Waals surface area contributed by atoms with Crippen LogP contribution in [0.3, 0.4) is 0 Å². The fraction of sp³-hybridized carbons (Fsp3) is 0.370. The SMILES string of the molecule is C=N/C(=N\C=C(C)C)[C@@H](OCCO)[C@H](C)S(=O)(=O)Nc1nnc(-c2cncc(C)c2)n1-c1c(OC)cccc1OC. The Morgan fingerprint density at radius 2 is 1.88 bits per heavy atom. The van der Waals surface area contributed by atoms with Gasteiger partial charge in [0.2, 0.25) is 16.0 Å². The summed E-state index contributed by atoms with van der Waals surface area (Å²) in [5, 5.41) is 16.6. The third-order valence-electron chi connectivity index (χ3n) is 5.83. The number of nitrogens with zero attached hydrogens (tertiary/aromatic N) is 6. The number of aryl methyl sites for hydroxylation is 1. The Hall–Kier alpha value is -4.14. The molecule has 0 aliphatic heterocycles. The number of benzene rings is 1. The van der Waals surface area contributed by atoms with Crippen molar-refractivity contribution in [1.29, 1.82) is 0 Å². The molecule has 14 heteroatoms. The molecule has 0 aliphatic carbocycles. The fourth-order valence-electron chi connectivity index (χ4n) is 3.86. The van der Waals surface area contributed by atoms with Crippen LogP contribution in [0.5, 0.6) is 11.5 Å². The molecule has 1 aromatic carbocycles. The van der Waals surface area contributed by atoms with Crippen LogP contribution in [-0.4, -0.2) is 84.6 Å². The predicted octanol–water partition coefficient (Wildman–Crippen LogP) is 3.19. The second-order valence-corrected chi connectivity index (χ2v) is 11.2. The second kappa shape index (κ2) is 14.0. The first kappa shape index (κ1) is 31.4. The van der Waals surface area contributed by atoms with Crippen LogP contribution in [0.2, 0.25) is 0 Å². The van der Waals surface area contributed by atoms with Crippen molar-refractivity contribution < 1.29 is 27.7 Å². The maximum absolute atomic E-state index is 13.8. The Kier molecular flexibility index (Phi) is 10.7. The molecule has 2 aromatic heterocycles. The van der Waals surface area contributed by atoms with Crippen LogP contribution in [0.4, 0.5) is 5.95 Å². The number of methoxy groups -OCH3 is 2. The molecule has 0 saturated carbocycles. The van der Waals surface area contributed by atoms with Crippen molar-refractivity contribution in [1.82, 2.24) is 19.7 Å². The molecule has 0 aliphatic rings. The Morgan fingerprint density at radius 3 is 2.44 bits per heavy atom. The van der Waals surface area contributed by atoms with Crippen molar-refractivity contribution in [3.63, 3.8) is 0 Å². The number of hydrogen-bond acceptors (Lipinski definition) is 10. The lowest BCUT2D eigenvalue weighted by Gasteiger charge is -2.24. The number of anilines is 1. The molecule has 41 heavy (non-hydrogen) atoms. The summed E-state index contributed by atoms with van der Waals surface area (Å²) in [6, 6.07) is 7.00. The van der Waals surface area contributed by atoms with Crippen molar-refractivity contribution in [2.75, 3.05) is 32.2 Å². The van der Waals surface area contributed by atoms with E-state index in [1.165, 1.54) is 31.9 Å². The quantitative estimate of drug-likeness (QED) is 0.227. The zero-order chi connectivity index (χ0) is 30.2. The molecule has 3 rings (SSSR count). The van der Waals surface area contributed by atoms with Gasteiger partial charge in [-0.1, -0.05) is 11.6 Å². The Bertz CT molecular complexity index is 1510. The topological polar surface area (TPSA) is 162 Å². The predicted molar refractivity (Wildman–Crippen MR) is 158 cm³/mol. The normalized spacial score (nSPS) is 13.3. The highest BCUT2D eigenvalue weighted by Crippen LogP contribution is 2.38. The Balaban J connectivity index is 2.19. The summed E-state index contributed by atoms with van der Waals surface area (Å²) >= 11 is 0. The Morgan fingerprint density at radius 1 is 1.20 bits per heavy atom. The standard InChI is InChI=1S/C27H35N7O6S/c1-17(2)14-30-25(28-5)24(40-12-11-35)19(4)41(36,37)33-27-32-31-26(20-13-18(3)15-29-16-20)34(27)23-21(38-6)9-8-10-22(23)39-7/h8-10,13-16,19,24,35H,5,11-12H2,1-4,6-7H3,(H,32,33)/b30-25-/t19-,24-/m0/s1. The molecule has 0 spiro atoms. The van der Waals surface area contributed by atoms with E-state index in [0.29, 0.717) is 28.6 Å². The molecule has 0 radical (unpaired) electrons. The summed E-state index contributed by atoms with van der Waals surface area (Å²) in [6.45, 7) is 10.0.